The van der Waals surface area contributed by atoms with Crippen LogP contribution in [0, 0.1) is 12.7 Å². The fourth-order valence-electron chi connectivity index (χ4n) is 5.83. The monoisotopic (exact) mass is 530 g/mol. The van der Waals surface area contributed by atoms with Crippen LogP contribution in [0.4, 0.5) is 4.39 Å². The second kappa shape index (κ2) is 11.1. The smallest absolute Gasteiger partial charge is 0.294 e. The normalized spacial score (nSPS) is 20.3. The molecule has 2 atom stereocenters. The number of Topliss-reactive ketones (excluding diaryl/α,β-unsaturated/α-hetero) is 1. The summed E-state index contributed by atoms with van der Waals surface area (Å²) >= 11 is 0. The summed E-state index contributed by atoms with van der Waals surface area (Å²) in [6.45, 7) is 10.8. The quantitative estimate of drug-likeness (QED) is 0.285. The molecule has 204 valence electrons. The van der Waals surface area contributed by atoms with Crippen molar-refractivity contribution in [2.24, 2.45) is 0 Å². The average Bonchev–Trinajstić information content (AvgIpc) is 3.28. The predicted octanol–water partition coefficient (Wildman–Crippen LogP) is 4.71. The second-order valence-corrected chi connectivity index (χ2v) is 10.7. The minimum Gasteiger partial charge on any atom is -0.358 e. The summed E-state index contributed by atoms with van der Waals surface area (Å²) in [4.78, 5) is 48.9. The molecule has 0 spiro atoms. The Kier molecular flexibility index (Phi) is 7.66. The molecule has 1 N–H and O–H groups in total. The van der Waals surface area contributed by atoms with Gasteiger partial charge in [-0.2, -0.15) is 0 Å². The highest BCUT2D eigenvalue weighted by molar-refractivity contribution is 6.43. The number of fused-ring (bicyclic) bond motifs is 1. The highest BCUT2D eigenvalue weighted by Crippen LogP contribution is 2.28. The number of halogens is 1. The van der Waals surface area contributed by atoms with E-state index in [-0.39, 0.29) is 23.8 Å². The number of hydrogen-bond acceptors (Lipinski definition) is 4. The number of nitrogens with zero attached hydrogens (tertiary/aromatic N) is 3. The molecule has 0 radical (unpaired) electrons. The van der Waals surface area contributed by atoms with Gasteiger partial charge in [-0.3, -0.25) is 19.3 Å². The molecule has 2 fully saturated rings. The van der Waals surface area contributed by atoms with Crippen molar-refractivity contribution in [1.29, 1.82) is 0 Å². The number of aromatic nitrogens is 1. The maximum atomic E-state index is 14.0. The van der Waals surface area contributed by atoms with Crippen molar-refractivity contribution in [3.05, 3.63) is 83.3 Å². The average molecular weight is 531 g/mol. The van der Waals surface area contributed by atoms with E-state index in [4.69, 9.17) is 0 Å². The molecule has 0 saturated carbocycles. The summed E-state index contributed by atoms with van der Waals surface area (Å²) < 4.78 is 13.4. The number of piperidine rings is 1. The van der Waals surface area contributed by atoms with Crippen LogP contribution in [0.15, 0.2) is 55.1 Å². The molecule has 0 unspecified atom stereocenters. The van der Waals surface area contributed by atoms with Gasteiger partial charge in [-0.15, -0.1) is 6.58 Å². The van der Waals surface area contributed by atoms with Crippen molar-refractivity contribution in [1.82, 2.24) is 19.7 Å². The molecule has 8 heteroatoms. The molecule has 39 heavy (non-hydrogen) atoms. The van der Waals surface area contributed by atoms with Crippen molar-refractivity contribution >= 4 is 28.5 Å². The summed E-state index contributed by atoms with van der Waals surface area (Å²) in [6.07, 6.45) is 4.74. The summed E-state index contributed by atoms with van der Waals surface area (Å²) in [5.41, 5.74) is 3.29. The number of nitrogens with one attached hydrogen (secondary N) is 1. The largest absolute Gasteiger partial charge is 0.358 e. The Morgan fingerprint density at radius 3 is 2.46 bits per heavy atom. The van der Waals surface area contributed by atoms with Gasteiger partial charge in [-0.25, -0.2) is 4.39 Å². The number of carbonyl (C=O) groups is 3. The maximum absolute atomic E-state index is 14.0. The zero-order chi connectivity index (χ0) is 27.7. The lowest BCUT2D eigenvalue weighted by atomic mass is 10.0. The molecular formula is C31H35FN4O3. The van der Waals surface area contributed by atoms with E-state index >= 15 is 0 Å². The van der Waals surface area contributed by atoms with Crippen LogP contribution in [-0.2, 0) is 11.3 Å². The number of ketones is 1. The Hall–Kier alpha value is -3.78. The van der Waals surface area contributed by atoms with Gasteiger partial charge in [-0.05, 0) is 69.0 Å². The van der Waals surface area contributed by atoms with E-state index in [0.717, 1.165) is 36.0 Å². The Balaban J connectivity index is 1.38. The third-order valence-corrected chi connectivity index (χ3v) is 8.02. The molecule has 0 aliphatic carbocycles. The maximum Gasteiger partial charge on any atom is 0.294 e. The predicted molar refractivity (Wildman–Crippen MR) is 149 cm³/mol. The number of benzene rings is 2. The van der Waals surface area contributed by atoms with Crippen LogP contribution in [0.3, 0.4) is 0 Å². The van der Waals surface area contributed by atoms with Gasteiger partial charge in [0, 0.05) is 67.0 Å². The number of likely N-dealkylation sites (tertiary alicyclic amines) is 1. The van der Waals surface area contributed by atoms with Crippen molar-refractivity contribution < 1.29 is 18.8 Å². The number of carbonyl (C=O) groups excluding carboxylic acids is 3. The van der Waals surface area contributed by atoms with Crippen LogP contribution in [0.1, 0.15) is 58.2 Å². The molecule has 3 heterocycles. The zero-order valence-electron chi connectivity index (χ0n) is 22.6. The number of rotatable bonds is 6. The van der Waals surface area contributed by atoms with Gasteiger partial charge in [0.15, 0.2) is 0 Å². The molecule has 0 bridgehead atoms. The molecule has 2 amide bonds. The Morgan fingerprint density at radius 2 is 1.77 bits per heavy atom. The van der Waals surface area contributed by atoms with Gasteiger partial charge in [0.1, 0.15) is 5.82 Å². The zero-order valence-corrected chi connectivity index (χ0v) is 22.6. The van der Waals surface area contributed by atoms with Crippen molar-refractivity contribution in [2.75, 3.05) is 26.2 Å². The molecule has 2 aliphatic heterocycles. The van der Waals surface area contributed by atoms with E-state index in [0.29, 0.717) is 49.2 Å². The highest BCUT2D eigenvalue weighted by Gasteiger charge is 2.35. The lowest BCUT2D eigenvalue weighted by Gasteiger charge is -2.44. The topological polar surface area (TPSA) is 76.7 Å². The minimum absolute atomic E-state index is 0.0694. The first kappa shape index (κ1) is 26.8. The molecule has 2 saturated heterocycles. The summed E-state index contributed by atoms with van der Waals surface area (Å²) in [6, 6.07) is 11.4. The summed E-state index contributed by atoms with van der Waals surface area (Å²) in [5.74, 6) is -1.40. The van der Waals surface area contributed by atoms with Crippen molar-refractivity contribution in [3.8, 4) is 0 Å². The van der Waals surface area contributed by atoms with Crippen LogP contribution >= 0.6 is 0 Å². The van der Waals surface area contributed by atoms with Crippen molar-refractivity contribution in [3.63, 3.8) is 0 Å². The number of aromatic amines is 1. The molecule has 2 aromatic carbocycles. The fraction of sp³-hybridized carbons (Fsp3) is 0.387. The van der Waals surface area contributed by atoms with Crippen LogP contribution in [0.2, 0.25) is 0 Å². The van der Waals surface area contributed by atoms with E-state index in [1.54, 1.807) is 35.2 Å². The van der Waals surface area contributed by atoms with Crippen LogP contribution in [-0.4, -0.2) is 75.5 Å². The number of piperazine rings is 1. The first-order valence-corrected chi connectivity index (χ1v) is 13.6. The molecule has 7 nitrogen and oxygen atoms in total. The molecule has 3 aromatic rings. The summed E-state index contributed by atoms with van der Waals surface area (Å²) in [5, 5.41) is 0.644. The number of hydrogen-bond donors (Lipinski definition) is 1. The lowest BCUT2D eigenvalue weighted by Crippen LogP contribution is -2.58. The van der Waals surface area contributed by atoms with Gasteiger partial charge in [-0.1, -0.05) is 18.2 Å². The minimum atomic E-state index is -0.537. The third-order valence-electron chi connectivity index (χ3n) is 8.02. The van der Waals surface area contributed by atoms with E-state index < -0.39 is 11.7 Å². The number of H-pyrrole nitrogens is 1. The van der Waals surface area contributed by atoms with Crippen molar-refractivity contribution in [2.45, 2.75) is 51.7 Å². The molecule has 5 rings (SSSR count). The Bertz CT molecular complexity index is 1410. The first-order valence-electron chi connectivity index (χ1n) is 13.6. The van der Waals surface area contributed by atoms with Crippen LogP contribution < -0.4 is 0 Å². The fourth-order valence-corrected chi connectivity index (χ4v) is 5.83. The van der Waals surface area contributed by atoms with Crippen LogP contribution in [0.25, 0.3) is 10.9 Å². The van der Waals surface area contributed by atoms with E-state index in [1.165, 1.54) is 12.1 Å². The summed E-state index contributed by atoms with van der Waals surface area (Å²) in [7, 11) is 0. The van der Waals surface area contributed by atoms with E-state index in [9.17, 15) is 18.8 Å². The lowest BCUT2D eigenvalue weighted by molar-refractivity contribution is -0.127. The molecular weight excluding hydrogens is 495 g/mol. The standard InChI is InChI=1S/C31H35FN4O3/c1-4-25-19-36(20(2)17-35(25)18-22-8-11-24(32)12-9-22)30(38)28-21(3)33-27-13-10-23(16-26(27)28)29(37)31(39)34-14-6-5-7-15-34/h4,8-13,16,20,25,33H,1,5-7,14-15,17-19H2,2-3H3/t20-,25+/m1/s1. The number of aryl methyl sites for hydroxylation is 1. The Labute approximate surface area is 228 Å². The van der Waals surface area contributed by atoms with Gasteiger partial charge < -0.3 is 14.8 Å². The second-order valence-electron chi connectivity index (χ2n) is 10.7. The van der Waals surface area contributed by atoms with E-state index in [2.05, 4.69) is 16.5 Å². The van der Waals surface area contributed by atoms with E-state index in [1.807, 2.05) is 24.8 Å². The van der Waals surface area contributed by atoms with Crippen LogP contribution in [0.5, 0.6) is 0 Å². The van der Waals surface area contributed by atoms with Gasteiger partial charge in [0.2, 0.25) is 5.78 Å². The molecule has 2 aliphatic rings. The molecule has 1 aromatic heterocycles. The van der Waals surface area contributed by atoms with Gasteiger partial charge >= 0.3 is 0 Å². The highest BCUT2D eigenvalue weighted by atomic mass is 19.1. The third kappa shape index (κ3) is 5.39. The van der Waals surface area contributed by atoms with Gasteiger partial charge in [0.25, 0.3) is 11.8 Å². The SMILES string of the molecule is C=C[C@H]1CN(C(=O)c2c(C)[nH]c3ccc(C(=O)C(=O)N4CCCCC4)cc23)[C@H](C)CN1Cc1ccc(F)cc1. The van der Waals surface area contributed by atoms with Gasteiger partial charge in [0.05, 0.1) is 5.56 Å². The first-order chi connectivity index (χ1) is 18.8. The Morgan fingerprint density at radius 1 is 1.05 bits per heavy atom. The number of amides is 2.